The van der Waals surface area contributed by atoms with Crippen LogP contribution in [0.5, 0.6) is 0 Å². The van der Waals surface area contributed by atoms with Gasteiger partial charge in [0, 0.05) is 32.4 Å². The topological polar surface area (TPSA) is 110 Å². The molecule has 1 aromatic carbocycles. The number of nitrogens with one attached hydrogen (secondary N) is 2. The first kappa shape index (κ1) is 29.0. The highest BCUT2D eigenvalue weighted by Gasteiger charge is 2.29. The fraction of sp³-hybridized carbons (Fsp3) is 0.444. The summed E-state index contributed by atoms with van der Waals surface area (Å²) in [5, 5.41) is 15.9. The number of ether oxygens (including phenoxy) is 1. The Balaban J connectivity index is 1.36. The minimum absolute atomic E-state index is 0.0712. The van der Waals surface area contributed by atoms with E-state index in [0.29, 0.717) is 55.8 Å². The number of anilines is 2. The molecule has 3 aromatic rings. The summed E-state index contributed by atoms with van der Waals surface area (Å²) in [6.07, 6.45) is 1.41. The van der Waals surface area contributed by atoms with Gasteiger partial charge in [0.05, 0.1) is 41.6 Å². The maximum Gasteiger partial charge on any atom is 0.409 e. The van der Waals surface area contributed by atoms with Crippen LogP contribution in [0.4, 0.5) is 20.6 Å². The number of piperazine rings is 1. The number of aromatic nitrogens is 4. The summed E-state index contributed by atoms with van der Waals surface area (Å²) in [6, 6.07) is 5.81. The summed E-state index contributed by atoms with van der Waals surface area (Å²) in [7, 11) is 0. The second kappa shape index (κ2) is 12.5. The van der Waals surface area contributed by atoms with Crippen LogP contribution in [0.3, 0.4) is 0 Å². The van der Waals surface area contributed by atoms with Crippen molar-refractivity contribution in [3.05, 3.63) is 58.9 Å². The van der Waals surface area contributed by atoms with Gasteiger partial charge in [0.1, 0.15) is 11.9 Å². The number of rotatable bonds is 7. The monoisotopic (exact) mass is 570 g/mol. The van der Waals surface area contributed by atoms with Crippen molar-refractivity contribution in [3.8, 4) is 0 Å². The zero-order chi connectivity index (χ0) is 29.0. The van der Waals surface area contributed by atoms with Gasteiger partial charge in [-0.2, -0.15) is 10.2 Å². The van der Waals surface area contributed by atoms with E-state index in [1.54, 1.807) is 46.7 Å². The summed E-state index contributed by atoms with van der Waals surface area (Å²) in [4.78, 5) is 28.5. The van der Waals surface area contributed by atoms with Gasteiger partial charge in [0.2, 0.25) is 5.91 Å². The number of amides is 2. The molecule has 1 fully saturated rings. The Morgan fingerprint density at radius 2 is 1.68 bits per heavy atom. The normalized spacial score (nSPS) is 14.2. The third kappa shape index (κ3) is 6.58. The van der Waals surface area contributed by atoms with E-state index in [2.05, 4.69) is 20.8 Å². The molecule has 0 spiro atoms. The average Bonchev–Trinajstić information content (AvgIpc) is 3.42. The molecule has 214 valence electrons. The summed E-state index contributed by atoms with van der Waals surface area (Å²) in [5.41, 5.74) is 4.76. The van der Waals surface area contributed by atoms with Crippen LogP contribution in [0, 0.1) is 26.6 Å². The van der Waals surface area contributed by atoms with Gasteiger partial charge in [-0.05, 0) is 64.5 Å². The van der Waals surface area contributed by atoms with Crippen LogP contribution < -0.4 is 10.6 Å². The average molecular weight is 571 g/mol. The van der Waals surface area contributed by atoms with E-state index in [-0.39, 0.29) is 17.8 Å². The van der Waals surface area contributed by atoms with E-state index in [9.17, 15) is 14.0 Å². The van der Waals surface area contributed by atoms with Gasteiger partial charge < -0.3 is 25.2 Å². The molecule has 4 rings (SSSR count). The summed E-state index contributed by atoms with van der Waals surface area (Å²) >= 11 is 5.57. The van der Waals surface area contributed by atoms with E-state index in [1.165, 1.54) is 12.1 Å². The third-order valence-corrected chi connectivity index (χ3v) is 7.11. The summed E-state index contributed by atoms with van der Waals surface area (Å²) in [5.74, 6) is -0.347. The molecule has 11 nitrogen and oxygen atoms in total. The fourth-order valence-corrected chi connectivity index (χ4v) is 4.78. The third-order valence-electron chi connectivity index (χ3n) is 6.90. The highest BCUT2D eigenvalue weighted by Crippen LogP contribution is 2.23. The van der Waals surface area contributed by atoms with E-state index in [1.807, 2.05) is 25.5 Å². The van der Waals surface area contributed by atoms with Gasteiger partial charge in [0.15, 0.2) is 5.11 Å². The van der Waals surface area contributed by atoms with Gasteiger partial charge in [0.25, 0.3) is 0 Å². The molecule has 2 aromatic heterocycles. The summed E-state index contributed by atoms with van der Waals surface area (Å²) < 4.78 is 21.8. The quantitative estimate of drug-likeness (QED) is 0.412. The van der Waals surface area contributed by atoms with Crippen LogP contribution in [-0.4, -0.2) is 79.3 Å². The van der Waals surface area contributed by atoms with Crippen molar-refractivity contribution in [2.24, 2.45) is 0 Å². The second-order valence-corrected chi connectivity index (χ2v) is 10.1. The molecular formula is C27H35FN8O3S. The molecule has 1 saturated heterocycles. The Kier molecular flexibility index (Phi) is 9.03. The van der Waals surface area contributed by atoms with Crippen molar-refractivity contribution >= 4 is 40.7 Å². The van der Waals surface area contributed by atoms with E-state index in [0.717, 1.165) is 22.6 Å². The Bertz CT molecular complexity index is 1380. The van der Waals surface area contributed by atoms with Gasteiger partial charge in [-0.1, -0.05) is 12.1 Å². The predicted molar refractivity (Wildman–Crippen MR) is 154 cm³/mol. The van der Waals surface area contributed by atoms with Crippen LogP contribution in [0.1, 0.15) is 42.5 Å². The number of halogens is 1. The highest BCUT2D eigenvalue weighted by molar-refractivity contribution is 7.80. The van der Waals surface area contributed by atoms with Crippen LogP contribution >= 0.6 is 12.2 Å². The Labute approximate surface area is 238 Å². The van der Waals surface area contributed by atoms with Crippen molar-refractivity contribution in [2.75, 3.05) is 43.4 Å². The van der Waals surface area contributed by atoms with Gasteiger partial charge in [-0.3, -0.25) is 14.2 Å². The molecule has 2 N–H and O–H groups in total. The molecule has 0 saturated carbocycles. The minimum Gasteiger partial charge on any atom is -0.450 e. The SMILES string of the molecule is CCOC(=O)N1CCN(C(=O)C(C)n2cc(NC(=S)Nc3c(C)nn(Cc4ccc(F)cc4)c3C)c(C)n2)CC1. The molecule has 1 unspecified atom stereocenters. The van der Waals surface area contributed by atoms with Crippen molar-refractivity contribution < 1.29 is 18.7 Å². The molecule has 40 heavy (non-hydrogen) atoms. The number of aryl methyl sites for hydroxylation is 2. The van der Waals surface area contributed by atoms with Crippen molar-refractivity contribution in [1.29, 1.82) is 0 Å². The summed E-state index contributed by atoms with van der Waals surface area (Å²) in [6.45, 7) is 11.8. The van der Waals surface area contributed by atoms with Gasteiger partial charge >= 0.3 is 6.09 Å². The number of carbonyl (C=O) groups is 2. The molecule has 2 amide bonds. The molecular weight excluding hydrogens is 535 g/mol. The van der Waals surface area contributed by atoms with Crippen molar-refractivity contribution in [2.45, 2.75) is 47.2 Å². The highest BCUT2D eigenvalue weighted by atomic mass is 32.1. The van der Waals surface area contributed by atoms with Gasteiger partial charge in [-0.25, -0.2) is 9.18 Å². The molecule has 1 atom stereocenters. The molecule has 0 radical (unpaired) electrons. The second-order valence-electron chi connectivity index (χ2n) is 9.70. The Morgan fingerprint density at radius 3 is 2.33 bits per heavy atom. The smallest absolute Gasteiger partial charge is 0.409 e. The minimum atomic E-state index is -0.529. The zero-order valence-corrected chi connectivity index (χ0v) is 24.2. The zero-order valence-electron chi connectivity index (χ0n) is 23.4. The van der Waals surface area contributed by atoms with E-state index < -0.39 is 6.04 Å². The molecule has 0 bridgehead atoms. The van der Waals surface area contributed by atoms with Crippen molar-refractivity contribution in [3.63, 3.8) is 0 Å². The molecule has 1 aliphatic heterocycles. The largest absolute Gasteiger partial charge is 0.450 e. The number of thiocarbonyl (C=S) groups is 1. The predicted octanol–water partition coefficient (Wildman–Crippen LogP) is 3.86. The first-order valence-electron chi connectivity index (χ1n) is 13.2. The molecule has 3 heterocycles. The molecule has 1 aliphatic rings. The maximum atomic E-state index is 13.3. The number of hydrogen-bond donors (Lipinski definition) is 2. The van der Waals surface area contributed by atoms with Crippen LogP contribution in [0.2, 0.25) is 0 Å². The van der Waals surface area contributed by atoms with Crippen LogP contribution in [-0.2, 0) is 16.1 Å². The van der Waals surface area contributed by atoms with E-state index >= 15 is 0 Å². The number of carbonyl (C=O) groups excluding carboxylic acids is 2. The lowest BCUT2D eigenvalue weighted by molar-refractivity contribution is -0.136. The first-order chi connectivity index (χ1) is 19.1. The first-order valence-corrected chi connectivity index (χ1v) is 13.6. The maximum absolute atomic E-state index is 13.3. The lowest BCUT2D eigenvalue weighted by Crippen LogP contribution is -2.52. The molecule has 0 aliphatic carbocycles. The van der Waals surface area contributed by atoms with Gasteiger partial charge in [-0.15, -0.1) is 0 Å². The van der Waals surface area contributed by atoms with Crippen molar-refractivity contribution in [1.82, 2.24) is 29.4 Å². The van der Waals surface area contributed by atoms with E-state index in [4.69, 9.17) is 17.0 Å². The number of nitrogens with zero attached hydrogens (tertiary/aromatic N) is 6. The standard InChI is InChI=1S/C27H35FN8O3S/c1-6-39-27(38)34-13-11-33(12-14-34)25(37)20(5)36-16-23(17(2)31-36)29-26(40)30-24-18(3)32-35(19(24)4)15-21-7-9-22(28)10-8-21/h7-10,16,20H,6,11-15H2,1-5H3,(H2,29,30,40). The van der Waals surface area contributed by atoms with Crippen LogP contribution in [0.25, 0.3) is 0 Å². The number of hydrogen-bond acceptors (Lipinski definition) is 6. The lowest BCUT2D eigenvalue weighted by atomic mass is 10.2. The fourth-order valence-electron chi connectivity index (χ4n) is 4.57. The van der Waals surface area contributed by atoms with Crippen LogP contribution in [0.15, 0.2) is 30.5 Å². The molecule has 13 heteroatoms. The number of benzene rings is 1. The lowest BCUT2D eigenvalue weighted by Gasteiger charge is -2.35. The Hall–Kier alpha value is -4.00. The Morgan fingerprint density at radius 1 is 1.02 bits per heavy atom.